The molecular weight excluding hydrogens is 533 g/mol. The van der Waals surface area contributed by atoms with Gasteiger partial charge in [0.25, 0.3) is 0 Å². The molecule has 0 fully saturated rings. The van der Waals surface area contributed by atoms with E-state index in [1.165, 1.54) is 21.0 Å². The minimum atomic E-state index is 0. The number of thiazole rings is 1. The van der Waals surface area contributed by atoms with Gasteiger partial charge in [-0.25, -0.2) is 9.98 Å². The van der Waals surface area contributed by atoms with Crippen LogP contribution < -0.4 is 10.6 Å². The predicted octanol–water partition coefficient (Wildman–Crippen LogP) is 4.90. The molecule has 0 aliphatic rings. The van der Waals surface area contributed by atoms with Crippen molar-refractivity contribution < 1.29 is 4.42 Å². The number of aliphatic imine (C=N–C) groups is 1. The molecule has 0 atom stereocenters. The van der Waals surface area contributed by atoms with E-state index in [0.29, 0.717) is 6.54 Å². The van der Waals surface area contributed by atoms with Crippen molar-refractivity contribution in [2.24, 2.45) is 4.99 Å². The molecule has 6 nitrogen and oxygen atoms in total. The van der Waals surface area contributed by atoms with Gasteiger partial charge in [0.05, 0.1) is 30.1 Å². The highest BCUT2D eigenvalue weighted by molar-refractivity contribution is 14.0. The van der Waals surface area contributed by atoms with Crippen LogP contribution in [0.1, 0.15) is 39.4 Å². The first-order chi connectivity index (χ1) is 15.0. The molecule has 32 heavy (non-hydrogen) atoms. The van der Waals surface area contributed by atoms with Gasteiger partial charge in [-0.05, 0) is 51.1 Å². The Kier molecular flexibility index (Phi) is 11.2. The molecular formula is C24H34IN5OS. The van der Waals surface area contributed by atoms with E-state index in [4.69, 9.17) is 9.41 Å². The maximum absolute atomic E-state index is 5.47. The highest BCUT2D eigenvalue weighted by Gasteiger charge is 2.08. The van der Waals surface area contributed by atoms with E-state index < -0.39 is 0 Å². The van der Waals surface area contributed by atoms with Crippen LogP contribution in [0.2, 0.25) is 0 Å². The summed E-state index contributed by atoms with van der Waals surface area (Å²) in [5.74, 6) is 1.81. The zero-order chi connectivity index (χ0) is 22.1. The highest BCUT2D eigenvalue weighted by atomic mass is 127. The van der Waals surface area contributed by atoms with Gasteiger partial charge in [-0.2, -0.15) is 0 Å². The second kappa shape index (κ2) is 13.6. The molecule has 8 heteroatoms. The van der Waals surface area contributed by atoms with Crippen LogP contribution in [-0.4, -0.2) is 36.0 Å². The van der Waals surface area contributed by atoms with Gasteiger partial charge in [0, 0.05) is 30.9 Å². The Hall–Kier alpha value is -1.91. The fraction of sp³-hybridized carbons (Fsp3) is 0.417. The number of hydrogen-bond donors (Lipinski definition) is 2. The number of aromatic nitrogens is 1. The lowest BCUT2D eigenvalue weighted by atomic mass is 10.1. The Labute approximate surface area is 212 Å². The Balaban J connectivity index is 0.00000363. The summed E-state index contributed by atoms with van der Waals surface area (Å²) in [5, 5.41) is 7.96. The first-order valence-corrected chi connectivity index (χ1v) is 11.6. The summed E-state index contributed by atoms with van der Waals surface area (Å²) >= 11 is 1.78. The Morgan fingerprint density at radius 1 is 1.09 bits per heavy atom. The number of hydrogen-bond acceptors (Lipinski definition) is 5. The molecule has 0 amide bonds. The minimum Gasteiger partial charge on any atom is -0.468 e. The summed E-state index contributed by atoms with van der Waals surface area (Å²) in [4.78, 5) is 13.0. The SMILES string of the molecule is CCNC(=NCc1ccccc1CN(C)Cc1ccco1)NCCc1nc(C)c(C)s1.I. The summed E-state index contributed by atoms with van der Waals surface area (Å²) in [6, 6.07) is 12.4. The molecule has 0 unspecified atom stereocenters. The van der Waals surface area contributed by atoms with Crippen molar-refractivity contribution >= 4 is 41.3 Å². The number of aryl methyl sites for hydroxylation is 2. The molecule has 3 aromatic rings. The quantitative estimate of drug-likeness (QED) is 0.207. The molecule has 0 aliphatic carbocycles. The standard InChI is InChI=1S/C24H33N5OS.HI/c1-5-25-24(26-13-12-23-28-18(2)19(3)31-23)27-15-20-9-6-7-10-21(20)16-29(4)17-22-11-8-14-30-22;/h6-11,14H,5,12-13,15-17H2,1-4H3,(H2,25,26,27);1H. The van der Waals surface area contributed by atoms with Crippen molar-refractivity contribution in [3.63, 3.8) is 0 Å². The lowest BCUT2D eigenvalue weighted by Crippen LogP contribution is -2.38. The van der Waals surface area contributed by atoms with Crippen molar-refractivity contribution in [3.8, 4) is 0 Å². The van der Waals surface area contributed by atoms with E-state index in [1.54, 1.807) is 17.6 Å². The monoisotopic (exact) mass is 567 g/mol. The van der Waals surface area contributed by atoms with Gasteiger partial charge >= 0.3 is 0 Å². The maximum Gasteiger partial charge on any atom is 0.191 e. The van der Waals surface area contributed by atoms with Gasteiger partial charge in [-0.15, -0.1) is 35.3 Å². The van der Waals surface area contributed by atoms with E-state index in [-0.39, 0.29) is 24.0 Å². The third-order valence-electron chi connectivity index (χ3n) is 5.02. The van der Waals surface area contributed by atoms with E-state index >= 15 is 0 Å². The fourth-order valence-corrected chi connectivity index (χ4v) is 4.25. The number of furan rings is 1. The third-order valence-corrected chi connectivity index (χ3v) is 6.15. The Morgan fingerprint density at radius 2 is 1.88 bits per heavy atom. The normalized spacial score (nSPS) is 11.5. The molecule has 0 aliphatic heterocycles. The second-order valence-electron chi connectivity index (χ2n) is 7.64. The van der Waals surface area contributed by atoms with Gasteiger partial charge < -0.3 is 15.1 Å². The van der Waals surface area contributed by atoms with Crippen LogP contribution in [0.25, 0.3) is 0 Å². The predicted molar refractivity (Wildman–Crippen MR) is 144 cm³/mol. The summed E-state index contributed by atoms with van der Waals surface area (Å²) < 4.78 is 5.47. The van der Waals surface area contributed by atoms with Crippen LogP contribution in [0, 0.1) is 13.8 Å². The molecule has 3 rings (SSSR count). The summed E-state index contributed by atoms with van der Waals surface area (Å²) in [7, 11) is 2.11. The molecule has 0 saturated carbocycles. The molecule has 2 N–H and O–H groups in total. The van der Waals surface area contributed by atoms with Crippen LogP contribution in [-0.2, 0) is 26.1 Å². The van der Waals surface area contributed by atoms with E-state index in [1.807, 2.05) is 12.1 Å². The van der Waals surface area contributed by atoms with Crippen molar-refractivity contribution in [2.75, 3.05) is 20.1 Å². The van der Waals surface area contributed by atoms with Crippen molar-refractivity contribution in [2.45, 2.75) is 46.8 Å². The first kappa shape index (κ1) is 26.3. The number of guanidine groups is 1. The van der Waals surface area contributed by atoms with Crippen LogP contribution in [0.5, 0.6) is 0 Å². The first-order valence-electron chi connectivity index (χ1n) is 10.8. The van der Waals surface area contributed by atoms with E-state index in [9.17, 15) is 0 Å². The Morgan fingerprint density at radius 3 is 2.53 bits per heavy atom. The van der Waals surface area contributed by atoms with Gasteiger partial charge in [0.2, 0.25) is 0 Å². The molecule has 0 spiro atoms. The Bertz CT molecular complexity index is 951. The average molecular weight is 568 g/mol. The molecule has 0 radical (unpaired) electrons. The van der Waals surface area contributed by atoms with Gasteiger partial charge in [-0.3, -0.25) is 4.90 Å². The number of rotatable bonds is 10. The van der Waals surface area contributed by atoms with Crippen LogP contribution >= 0.6 is 35.3 Å². The lowest BCUT2D eigenvalue weighted by Gasteiger charge is -2.17. The number of benzene rings is 1. The third kappa shape index (κ3) is 8.22. The number of halogens is 1. The van der Waals surface area contributed by atoms with Crippen LogP contribution in [0.3, 0.4) is 0 Å². The molecule has 1 aromatic carbocycles. The van der Waals surface area contributed by atoms with Gasteiger partial charge in [0.15, 0.2) is 5.96 Å². The molecule has 174 valence electrons. The molecule has 2 aromatic heterocycles. The summed E-state index contributed by atoms with van der Waals surface area (Å²) in [6.07, 6.45) is 2.62. The molecule has 2 heterocycles. The fourth-order valence-electron chi connectivity index (χ4n) is 3.32. The number of nitrogens with one attached hydrogen (secondary N) is 2. The van der Waals surface area contributed by atoms with E-state index in [2.05, 4.69) is 72.6 Å². The van der Waals surface area contributed by atoms with Crippen LogP contribution in [0.4, 0.5) is 0 Å². The largest absolute Gasteiger partial charge is 0.468 e. The van der Waals surface area contributed by atoms with Crippen molar-refractivity contribution in [1.29, 1.82) is 0 Å². The summed E-state index contributed by atoms with van der Waals surface area (Å²) in [6.45, 7) is 10.2. The van der Waals surface area contributed by atoms with Crippen molar-refractivity contribution in [1.82, 2.24) is 20.5 Å². The zero-order valence-corrected chi connectivity index (χ0v) is 22.5. The topological polar surface area (TPSA) is 65.7 Å². The van der Waals surface area contributed by atoms with Gasteiger partial charge in [-0.1, -0.05) is 24.3 Å². The smallest absolute Gasteiger partial charge is 0.191 e. The zero-order valence-electron chi connectivity index (χ0n) is 19.4. The molecule has 0 bridgehead atoms. The highest BCUT2D eigenvalue weighted by Crippen LogP contribution is 2.17. The van der Waals surface area contributed by atoms with Crippen molar-refractivity contribution in [3.05, 3.63) is 75.1 Å². The van der Waals surface area contributed by atoms with Gasteiger partial charge in [0.1, 0.15) is 5.76 Å². The minimum absolute atomic E-state index is 0. The summed E-state index contributed by atoms with van der Waals surface area (Å²) in [5.41, 5.74) is 3.65. The second-order valence-corrected chi connectivity index (χ2v) is 8.93. The molecule has 0 saturated heterocycles. The maximum atomic E-state index is 5.47. The lowest BCUT2D eigenvalue weighted by molar-refractivity contribution is 0.287. The van der Waals surface area contributed by atoms with Crippen LogP contribution in [0.15, 0.2) is 52.1 Å². The van der Waals surface area contributed by atoms with E-state index in [0.717, 1.165) is 50.0 Å². The average Bonchev–Trinajstić information content (AvgIpc) is 3.36. The number of nitrogens with zero attached hydrogens (tertiary/aromatic N) is 3.